The Kier molecular flexibility index (Phi) is 7.95. The smallest absolute Gasteiger partial charge is 0.305 e. The molecule has 6 nitrogen and oxygen atoms in total. The molecule has 0 N–H and O–H groups in total. The number of methoxy groups -OCH3 is 1. The molecule has 1 aromatic rings. The van der Waals surface area contributed by atoms with Gasteiger partial charge in [0.1, 0.15) is 6.07 Å². The largest absolute Gasteiger partial charge is 0.469 e. The number of nitrogens with zero attached hydrogens (tertiary/aromatic N) is 1. The highest BCUT2D eigenvalue weighted by Crippen LogP contribution is 2.14. The minimum atomic E-state index is -1.58. The van der Waals surface area contributed by atoms with Crippen LogP contribution in [0.5, 0.6) is 0 Å². The third-order valence-electron chi connectivity index (χ3n) is 3.26. The first-order chi connectivity index (χ1) is 11.0. The fourth-order valence-electron chi connectivity index (χ4n) is 1.80. The number of benzene rings is 1. The maximum absolute atomic E-state index is 12.0. The van der Waals surface area contributed by atoms with Crippen molar-refractivity contribution in [3.05, 3.63) is 35.9 Å². The molecule has 0 fully saturated rings. The molecule has 0 amide bonds. The third-order valence-corrected chi connectivity index (χ3v) is 3.26. The van der Waals surface area contributed by atoms with Gasteiger partial charge in [0.25, 0.3) is 0 Å². The summed E-state index contributed by atoms with van der Waals surface area (Å²) in [4.78, 5) is 23.1. The highest BCUT2D eigenvalue weighted by atomic mass is 16.5. The fourth-order valence-corrected chi connectivity index (χ4v) is 1.80. The highest BCUT2D eigenvalue weighted by molar-refractivity contribution is 5.91. The zero-order valence-electron chi connectivity index (χ0n) is 13.4. The van der Waals surface area contributed by atoms with Crippen molar-refractivity contribution < 1.29 is 23.8 Å². The van der Waals surface area contributed by atoms with E-state index in [1.54, 1.807) is 0 Å². The van der Waals surface area contributed by atoms with E-state index in [0.29, 0.717) is 6.61 Å². The second-order valence-electron chi connectivity index (χ2n) is 5.03. The van der Waals surface area contributed by atoms with Crippen molar-refractivity contribution in [1.82, 2.24) is 0 Å². The van der Waals surface area contributed by atoms with Crippen LogP contribution in [0.3, 0.4) is 0 Å². The molecule has 0 bridgehead atoms. The standard InChI is InChI=1S/C17H21NO5/c1-17(13-18,15(19)8-9-16(20)21-2)23-11-10-22-12-14-6-4-3-5-7-14/h3-7H,8-12H2,1-2H3. The van der Waals surface area contributed by atoms with Crippen LogP contribution < -0.4 is 0 Å². The zero-order chi connectivity index (χ0) is 17.1. The predicted octanol–water partition coefficient (Wildman–Crippen LogP) is 2.02. The van der Waals surface area contributed by atoms with Gasteiger partial charge in [-0.1, -0.05) is 30.3 Å². The van der Waals surface area contributed by atoms with Gasteiger partial charge in [0.05, 0.1) is 33.4 Å². The van der Waals surface area contributed by atoms with Crippen molar-refractivity contribution in [2.45, 2.75) is 32.0 Å². The molecule has 0 spiro atoms. The molecule has 6 heteroatoms. The number of ketones is 1. The van der Waals surface area contributed by atoms with Crippen LogP contribution >= 0.6 is 0 Å². The van der Waals surface area contributed by atoms with Gasteiger partial charge in [-0.15, -0.1) is 0 Å². The number of carbonyl (C=O) groups is 2. The van der Waals surface area contributed by atoms with Gasteiger partial charge in [0.15, 0.2) is 5.78 Å². The van der Waals surface area contributed by atoms with E-state index in [0.717, 1.165) is 5.56 Å². The lowest BCUT2D eigenvalue weighted by atomic mass is 9.98. The minimum Gasteiger partial charge on any atom is -0.469 e. The molecule has 1 atom stereocenters. The van der Waals surface area contributed by atoms with Gasteiger partial charge in [0, 0.05) is 6.42 Å². The lowest BCUT2D eigenvalue weighted by Gasteiger charge is -2.20. The van der Waals surface area contributed by atoms with Gasteiger partial charge < -0.3 is 14.2 Å². The second-order valence-corrected chi connectivity index (χ2v) is 5.03. The Bertz CT molecular complexity index is 552. The van der Waals surface area contributed by atoms with Crippen molar-refractivity contribution in [3.8, 4) is 6.07 Å². The fraction of sp³-hybridized carbons (Fsp3) is 0.471. The van der Waals surface area contributed by atoms with Crippen LogP contribution in [0.4, 0.5) is 0 Å². The molecule has 0 saturated carbocycles. The number of ether oxygens (including phenoxy) is 3. The number of rotatable bonds is 10. The van der Waals surface area contributed by atoms with Crippen molar-refractivity contribution in [1.29, 1.82) is 5.26 Å². The van der Waals surface area contributed by atoms with Gasteiger partial charge in [0.2, 0.25) is 5.60 Å². The quantitative estimate of drug-likeness (QED) is 0.484. The van der Waals surface area contributed by atoms with Crippen LogP contribution in [-0.2, 0) is 30.4 Å². The van der Waals surface area contributed by atoms with Crippen molar-refractivity contribution in [2.24, 2.45) is 0 Å². The zero-order valence-corrected chi connectivity index (χ0v) is 13.4. The van der Waals surface area contributed by atoms with Crippen molar-refractivity contribution in [3.63, 3.8) is 0 Å². The number of nitriles is 1. The van der Waals surface area contributed by atoms with E-state index in [1.807, 2.05) is 36.4 Å². The molecule has 0 saturated heterocycles. The molecule has 1 rings (SSSR count). The van der Waals surface area contributed by atoms with E-state index >= 15 is 0 Å². The monoisotopic (exact) mass is 319 g/mol. The van der Waals surface area contributed by atoms with Gasteiger partial charge in [-0.2, -0.15) is 5.26 Å². The van der Waals surface area contributed by atoms with E-state index in [2.05, 4.69) is 4.74 Å². The van der Waals surface area contributed by atoms with Crippen LogP contribution in [-0.4, -0.2) is 37.7 Å². The summed E-state index contributed by atoms with van der Waals surface area (Å²) < 4.78 is 15.3. The summed E-state index contributed by atoms with van der Waals surface area (Å²) in [7, 11) is 1.25. The average molecular weight is 319 g/mol. The van der Waals surface area contributed by atoms with Crippen molar-refractivity contribution in [2.75, 3.05) is 20.3 Å². The molecule has 0 aliphatic rings. The summed E-state index contributed by atoms with van der Waals surface area (Å²) in [6.07, 6.45) is -0.165. The number of carbonyl (C=O) groups excluding carboxylic acids is 2. The first kappa shape index (κ1) is 18.8. The molecule has 1 aromatic carbocycles. The first-order valence-corrected chi connectivity index (χ1v) is 7.29. The highest BCUT2D eigenvalue weighted by Gasteiger charge is 2.34. The lowest BCUT2D eigenvalue weighted by molar-refractivity contribution is -0.145. The van der Waals surface area contributed by atoms with Gasteiger partial charge in [-0.25, -0.2) is 0 Å². The Morgan fingerprint density at radius 3 is 2.48 bits per heavy atom. The first-order valence-electron chi connectivity index (χ1n) is 7.29. The Morgan fingerprint density at radius 2 is 1.87 bits per heavy atom. The Hall–Kier alpha value is -2.23. The topological polar surface area (TPSA) is 85.6 Å². The molecular formula is C17H21NO5. The summed E-state index contributed by atoms with van der Waals surface area (Å²) in [6, 6.07) is 11.5. The Morgan fingerprint density at radius 1 is 1.17 bits per heavy atom. The van der Waals surface area contributed by atoms with Crippen LogP contribution in [0.2, 0.25) is 0 Å². The van der Waals surface area contributed by atoms with Crippen LogP contribution in [0, 0.1) is 11.3 Å². The molecule has 124 valence electrons. The molecule has 0 aliphatic heterocycles. The van der Waals surface area contributed by atoms with Crippen LogP contribution in [0.15, 0.2) is 30.3 Å². The van der Waals surface area contributed by atoms with E-state index in [-0.39, 0.29) is 26.1 Å². The van der Waals surface area contributed by atoms with Gasteiger partial charge in [-0.05, 0) is 12.5 Å². The Labute approximate surface area is 136 Å². The van der Waals surface area contributed by atoms with Crippen LogP contribution in [0.25, 0.3) is 0 Å². The molecular weight excluding hydrogens is 298 g/mol. The summed E-state index contributed by atoms with van der Waals surface area (Å²) in [5, 5.41) is 9.16. The van der Waals surface area contributed by atoms with Crippen LogP contribution in [0.1, 0.15) is 25.3 Å². The maximum atomic E-state index is 12.0. The molecule has 23 heavy (non-hydrogen) atoms. The van der Waals surface area contributed by atoms with E-state index in [4.69, 9.17) is 14.7 Å². The van der Waals surface area contributed by atoms with E-state index < -0.39 is 17.4 Å². The molecule has 0 aliphatic carbocycles. The van der Waals surface area contributed by atoms with Gasteiger partial charge in [-0.3, -0.25) is 9.59 Å². The normalized spacial score (nSPS) is 12.9. The lowest BCUT2D eigenvalue weighted by Crippen LogP contribution is -2.38. The predicted molar refractivity (Wildman–Crippen MR) is 82.3 cm³/mol. The number of hydrogen-bond donors (Lipinski definition) is 0. The minimum absolute atomic E-state index is 0.0690. The third kappa shape index (κ3) is 6.59. The summed E-state index contributed by atoms with van der Waals surface area (Å²) >= 11 is 0. The summed E-state index contributed by atoms with van der Waals surface area (Å²) in [5.74, 6) is -0.946. The Balaban J connectivity index is 2.32. The van der Waals surface area contributed by atoms with Gasteiger partial charge >= 0.3 is 5.97 Å². The number of hydrogen-bond acceptors (Lipinski definition) is 6. The summed E-state index contributed by atoms with van der Waals surface area (Å²) in [6.45, 7) is 2.20. The molecule has 0 aromatic heterocycles. The molecule has 0 heterocycles. The average Bonchev–Trinajstić information content (AvgIpc) is 2.59. The maximum Gasteiger partial charge on any atom is 0.305 e. The SMILES string of the molecule is COC(=O)CCC(=O)C(C)(C#N)OCCOCc1ccccc1. The van der Waals surface area contributed by atoms with E-state index in [9.17, 15) is 9.59 Å². The number of Topliss-reactive ketones (excluding diaryl/α,β-unsaturated/α-hetero) is 1. The molecule has 0 radical (unpaired) electrons. The summed E-state index contributed by atoms with van der Waals surface area (Å²) in [5.41, 5.74) is -0.547. The number of esters is 1. The van der Waals surface area contributed by atoms with E-state index in [1.165, 1.54) is 14.0 Å². The molecule has 1 unspecified atom stereocenters. The van der Waals surface area contributed by atoms with Crippen molar-refractivity contribution >= 4 is 11.8 Å². The second kappa shape index (κ2) is 9.72.